The van der Waals surface area contributed by atoms with E-state index in [1.165, 1.54) is 0 Å². The number of rotatable bonds is 10. The summed E-state index contributed by atoms with van der Waals surface area (Å²) < 4.78 is 33.0. The molecule has 4 aromatic carbocycles. The van der Waals surface area contributed by atoms with Crippen molar-refractivity contribution in [3.8, 4) is 0 Å². The van der Waals surface area contributed by atoms with Crippen molar-refractivity contribution in [3.63, 3.8) is 0 Å². The van der Waals surface area contributed by atoms with E-state index in [-0.39, 0.29) is 30.5 Å². The third-order valence-corrected chi connectivity index (χ3v) is 7.38. The topological polar surface area (TPSA) is 46.2 Å². The molecule has 1 heterocycles. The molecule has 2 unspecified atom stereocenters. The van der Waals surface area contributed by atoms with Crippen molar-refractivity contribution in [3.05, 3.63) is 144 Å². The lowest BCUT2D eigenvalue weighted by molar-refractivity contribution is -0.355. The molecular weight excluding hydrogens is 488 g/mol. The highest BCUT2D eigenvalue weighted by molar-refractivity contribution is 5.19. The van der Waals surface area contributed by atoms with E-state index in [0.717, 1.165) is 22.3 Å². The van der Waals surface area contributed by atoms with Crippen LogP contribution in [0.4, 0.5) is 0 Å². The van der Waals surface area contributed by atoms with Crippen LogP contribution in [0.5, 0.6) is 0 Å². The summed E-state index contributed by atoms with van der Waals surface area (Å²) in [6.07, 6.45) is -1.28. The lowest BCUT2D eigenvalue weighted by atomic mass is 9.85. The van der Waals surface area contributed by atoms with E-state index in [1.54, 1.807) is 0 Å². The minimum atomic E-state index is -0.524. The summed E-state index contributed by atoms with van der Waals surface area (Å²) in [5, 5.41) is 0. The molecule has 1 saturated carbocycles. The summed E-state index contributed by atoms with van der Waals surface area (Å²) in [5.74, 6) is 0. The molecule has 1 saturated heterocycles. The summed E-state index contributed by atoms with van der Waals surface area (Å²) in [4.78, 5) is 0. The molecular formula is C34H34O5. The zero-order valence-corrected chi connectivity index (χ0v) is 21.9. The maximum atomic E-state index is 6.63. The average molecular weight is 523 g/mol. The molecule has 1 aliphatic carbocycles. The molecule has 0 spiro atoms. The number of hydrogen-bond acceptors (Lipinski definition) is 5. The first kappa shape index (κ1) is 25.9. The highest BCUT2D eigenvalue weighted by Gasteiger charge is 2.53. The predicted molar refractivity (Wildman–Crippen MR) is 149 cm³/mol. The van der Waals surface area contributed by atoms with E-state index < -0.39 is 6.29 Å². The zero-order valence-electron chi connectivity index (χ0n) is 21.9. The maximum Gasteiger partial charge on any atom is 0.184 e. The number of ether oxygens (including phenoxy) is 5. The van der Waals surface area contributed by atoms with E-state index in [4.69, 9.17) is 23.7 Å². The highest BCUT2D eigenvalue weighted by Crippen LogP contribution is 2.42. The van der Waals surface area contributed by atoms with Gasteiger partial charge in [0.2, 0.25) is 0 Å². The lowest BCUT2D eigenvalue weighted by Crippen LogP contribution is -2.63. The standard InChI is InChI=1S/C34H34O5/c1-5-13-25(14-6-1)22-35-29-21-30(36-23-26-15-7-2-8-16-26)32-33(37-24-27-17-9-3-10-18-27)31(29)38-34(39-32)28-19-11-4-12-20-28/h1-20,29-34H,21-24H2/t29-,30+,31+,32-,33?,34?. The molecule has 0 aromatic heterocycles. The van der Waals surface area contributed by atoms with Crippen molar-refractivity contribution in [2.24, 2.45) is 0 Å². The van der Waals surface area contributed by atoms with Crippen LogP contribution in [0.25, 0.3) is 0 Å². The van der Waals surface area contributed by atoms with Gasteiger partial charge in [0.15, 0.2) is 6.29 Å². The number of fused-ring (bicyclic) bond motifs is 2. The summed E-state index contributed by atoms with van der Waals surface area (Å²) in [5.41, 5.74) is 4.31. The van der Waals surface area contributed by atoms with Gasteiger partial charge in [0.05, 0.1) is 32.0 Å². The second-order valence-electron chi connectivity index (χ2n) is 10.1. The molecule has 6 rings (SSSR count). The molecule has 2 bridgehead atoms. The smallest absolute Gasteiger partial charge is 0.184 e. The van der Waals surface area contributed by atoms with Crippen molar-refractivity contribution in [1.82, 2.24) is 0 Å². The summed E-state index contributed by atoms with van der Waals surface area (Å²) in [7, 11) is 0. The average Bonchev–Trinajstić information content (AvgIpc) is 3.01. The van der Waals surface area contributed by atoms with E-state index >= 15 is 0 Å². The van der Waals surface area contributed by atoms with Crippen LogP contribution in [-0.4, -0.2) is 30.5 Å². The molecule has 2 fully saturated rings. The third-order valence-electron chi connectivity index (χ3n) is 7.38. The van der Waals surface area contributed by atoms with Gasteiger partial charge in [0, 0.05) is 12.0 Å². The van der Waals surface area contributed by atoms with Crippen LogP contribution in [0.2, 0.25) is 0 Å². The Morgan fingerprint density at radius 2 is 0.872 bits per heavy atom. The van der Waals surface area contributed by atoms with Crippen LogP contribution in [0.15, 0.2) is 121 Å². The minimum absolute atomic E-state index is 0.224. The Labute approximate surface area is 230 Å². The number of hydrogen-bond donors (Lipinski definition) is 0. The van der Waals surface area contributed by atoms with Gasteiger partial charge in [-0.15, -0.1) is 0 Å². The Bertz CT molecular complexity index is 1210. The molecule has 5 nitrogen and oxygen atoms in total. The normalized spacial score (nSPS) is 26.3. The molecule has 1 aliphatic heterocycles. The fraction of sp³-hybridized carbons (Fsp3) is 0.294. The molecule has 2 aliphatic rings. The van der Waals surface area contributed by atoms with Crippen LogP contribution in [-0.2, 0) is 43.5 Å². The van der Waals surface area contributed by atoms with Crippen LogP contribution in [0.3, 0.4) is 0 Å². The van der Waals surface area contributed by atoms with Crippen LogP contribution in [0, 0.1) is 0 Å². The summed E-state index contributed by atoms with van der Waals surface area (Å²) in [6.45, 7) is 1.44. The largest absolute Gasteiger partial charge is 0.371 e. The van der Waals surface area contributed by atoms with E-state index in [9.17, 15) is 0 Å². The highest BCUT2D eigenvalue weighted by atomic mass is 16.7. The minimum Gasteiger partial charge on any atom is -0.371 e. The molecule has 6 atom stereocenters. The molecule has 4 aromatic rings. The Kier molecular flexibility index (Phi) is 8.44. The Balaban J connectivity index is 1.28. The Morgan fingerprint density at radius 3 is 1.31 bits per heavy atom. The van der Waals surface area contributed by atoms with Crippen LogP contribution < -0.4 is 0 Å². The van der Waals surface area contributed by atoms with Crippen molar-refractivity contribution >= 4 is 0 Å². The van der Waals surface area contributed by atoms with Gasteiger partial charge in [-0.1, -0.05) is 121 Å². The maximum absolute atomic E-state index is 6.63. The fourth-order valence-electron chi connectivity index (χ4n) is 5.36. The van der Waals surface area contributed by atoms with Crippen molar-refractivity contribution < 1.29 is 23.7 Å². The van der Waals surface area contributed by atoms with Crippen LogP contribution >= 0.6 is 0 Å². The Hall–Kier alpha value is -3.32. The van der Waals surface area contributed by atoms with Crippen molar-refractivity contribution in [2.45, 2.75) is 63.1 Å². The summed E-state index contributed by atoms with van der Waals surface area (Å²) >= 11 is 0. The molecule has 200 valence electrons. The molecule has 0 amide bonds. The second-order valence-corrected chi connectivity index (χ2v) is 10.1. The first-order chi connectivity index (χ1) is 19.3. The van der Waals surface area contributed by atoms with E-state index in [2.05, 4.69) is 36.4 Å². The lowest BCUT2D eigenvalue weighted by Gasteiger charge is -2.51. The molecule has 5 heteroatoms. The van der Waals surface area contributed by atoms with Gasteiger partial charge >= 0.3 is 0 Å². The fourth-order valence-corrected chi connectivity index (χ4v) is 5.36. The summed E-state index contributed by atoms with van der Waals surface area (Å²) in [6, 6.07) is 40.7. The monoisotopic (exact) mass is 522 g/mol. The SMILES string of the molecule is c1ccc(COC2[C@H]3OC(c4ccccc4)O[C@@H]2[C@@H](OCc2ccccc2)C[C@H]3OCc2ccccc2)cc1. The van der Waals surface area contributed by atoms with Crippen molar-refractivity contribution in [2.75, 3.05) is 0 Å². The quantitative estimate of drug-likeness (QED) is 0.234. The van der Waals surface area contributed by atoms with Gasteiger partial charge in [-0.25, -0.2) is 0 Å². The molecule has 39 heavy (non-hydrogen) atoms. The predicted octanol–water partition coefficient (Wildman–Crippen LogP) is 6.63. The zero-order chi connectivity index (χ0) is 26.3. The molecule has 0 N–H and O–H groups in total. The number of benzene rings is 4. The van der Waals surface area contributed by atoms with E-state index in [1.807, 2.05) is 84.9 Å². The third kappa shape index (κ3) is 6.47. The van der Waals surface area contributed by atoms with Crippen molar-refractivity contribution in [1.29, 1.82) is 0 Å². The second kappa shape index (κ2) is 12.7. The first-order valence-corrected chi connectivity index (χ1v) is 13.7. The van der Waals surface area contributed by atoms with Gasteiger partial charge in [-0.2, -0.15) is 0 Å². The first-order valence-electron chi connectivity index (χ1n) is 13.7. The Morgan fingerprint density at radius 1 is 0.487 bits per heavy atom. The van der Waals surface area contributed by atoms with Crippen LogP contribution in [0.1, 0.15) is 35.0 Å². The van der Waals surface area contributed by atoms with E-state index in [0.29, 0.717) is 26.2 Å². The van der Waals surface area contributed by atoms with Gasteiger partial charge in [-0.3, -0.25) is 0 Å². The van der Waals surface area contributed by atoms with Gasteiger partial charge in [0.25, 0.3) is 0 Å². The van der Waals surface area contributed by atoms with Gasteiger partial charge in [0.1, 0.15) is 18.3 Å². The van der Waals surface area contributed by atoms with Gasteiger partial charge < -0.3 is 23.7 Å². The molecule has 0 radical (unpaired) electrons. The van der Waals surface area contributed by atoms with Gasteiger partial charge in [-0.05, 0) is 16.7 Å².